The summed E-state index contributed by atoms with van der Waals surface area (Å²) in [7, 11) is 5.44. The Labute approximate surface area is 196 Å². The third-order valence-corrected chi connectivity index (χ3v) is 4.27. The number of Topliss-reactive ketones (excluding diaryl/α,β-unsaturated/α-hetero) is 1. The average molecular weight is 474 g/mol. The monoisotopic (exact) mass is 474 g/mol. The number of carbonyl (C=O) groups is 5. The Hall–Kier alpha value is -4.41. The SMILES string of the molecule is COC(=O)c1ccc(N(C=O)CC(C)=O)c(OC)c1.COC(=O)c1ccc(NC=O)c(OC)c1. The van der Waals surface area contributed by atoms with Gasteiger partial charge in [-0.15, -0.1) is 0 Å². The molecule has 0 spiro atoms. The van der Waals surface area contributed by atoms with Gasteiger partial charge in [-0.25, -0.2) is 9.59 Å². The molecule has 2 rings (SSSR count). The number of methoxy groups -OCH3 is 4. The minimum atomic E-state index is -0.505. The van der Waals surface area contributed by atoms with Gasteiger partial charge in [-0.2, -0.15) is 0 Å². The Bertz CT molecular complexity index is 1040. The predicted molar refractivity (Wildman–Crippen MR) is 122 cm³/mol. The second-order valence-corrected chi connectivity index (χ2v) is 6.48. The van der Waals surface area contributed by atoms with Gasteiger partial charge in [0, 0.05) is 0 Å². The molecule has 0 bridgehead atoms. The van der Waals surface area contributed by atoms with Crippen LogP contribution in [0.4, 0.5) is 11.4 Å². The molecule has 11 heteroatoms. The van der Waals surface area contributed by atoms with Crippen molar-refractivity contribution in [1.82, 2.24) is 0 Å². The van der Waals surface area contributed by atoms with E-state index in [1.807, 2.05) is 0 Å². The molecule has 0 heterocycles. The lowest BCUT2D eigenvalue weighted by Crippen LogP contribution is -2.27. The number of anilines is 2. The quantitative estimate of drug-likeness (QED) is 0.405. The highest BCUT2D eigenvalue weighted by Gasteiger charge is 2.16. The number of hydrogen-bond donors (Lipinski definition) is 1. The van der Waals surface area contributed by atoms with Crippen LogP contribution in [-0.2, 0) is 23.9 Å². The first kappa shape index (κ1) is 27.6. The average Bonchev–Trinajstić information content (AvgIpc) is 2.86. The maximum atomic E-state index is 11.4. The molecule has 0 aliphatic rings. The standard InChI is InChI=1S/C13H15NO5.C10H11NO4/c1-9(16)7-14(8-15)11-5-4-10(13(17)19-3)6-12(11)18-2;1-14-9-5-7(10(13)15-2)3-4-8(9)11-6-12/h4-6,8H,7H2,1-3H3;3-6H,1-2H3,(H,11,12). The molecular weight excluding hydrogens is 448 g/mol. The van der Waals surface area contributed by atoms with E-state index >= 15 is 0 Å². The Kier molecular flexibility index (Phi) is 11.3. The summed E-state index contributed by atoms with van der Waals surface area (Å²) >= 11 is 0. The zero-order chi connectivity index (χ0) is 25.7. The number of carbonyl (C=O) groups excluding carboxylic acids is 5. The molecule has 11 nitrogen and oxygen atoms in total. The molecule has 182 valence electrons. The van der Waals surface area contributed by atoms with Crippen LogP contribution >= 0.6 is 0 Å². The van der Waals surface area contributed by atoms with Crippen molar-refractivity contribution in [3.8, 4) is 11.5 Å². The highest BCUT2D eigenvalue weighted by molar-refractivity contribution is 5.94. The summed E-state index contributed by atoms with van der Waals surface area (Å²) in [6, 6.07) is 9.10. The fourth-order valence-corrected chi connectivity index (χ4v) is 2.70. The van der Waals surface area contributed by atoms with Gasteiger partial charge in [-0.05, 0) is 43.3 Å². The summed E-state index contributed by atoms with van der Waals surface area (Å²) in [4.78, 5) is 56.2. The Morgan fingerprint density at radius 3 is 1.82 bits per heavy atom. The van der Waals surface area contributed by atoms with E-state index in [0.717, 1.165) is 0 Å². The Morgan fingerprint density at radius 2 is 1.38 bits per heavy atom. The smallest absolute Gasteiger partial charge is 0.337 e. The van der Waals surface area contributed by atoms with Crippen LogP contribution in [0.15, 0.2) is 36.4 Å². The molecule has 34 heavy (non-hydrogen) atoms. The van der Waals surface area contributed by atoms with Gasteiger partial charge in [-0.3, -0.25) is 14.4 Å². The minimum Gasteiger partial charge on any atom is -0.495 e. The van der Waals surface area contributed by atoms with Gasteiger partial charge in [-0.1, -0.05) is 0 Å². The van der Waals surface area contributed by atoms with Crippen molar-refractivity contribution in [1.29, 1.82) is 0 Å². The molecular formula is C23H26N2O9. The number of hydrogen-bond acceptors (Lipinski definition) is 9. The van der Waals surface area contributed by atoms with E-state index < -0.39 is 11.9 Å². The molecule has 0 atom stereocenters. The maximum absolute atomic E-state index is 11.4. The molecule has 0 fully saturated rings. The number of nitrogens with one attached hydrogen (secondary N) is 1. The predicted octanol–water partition coefficient (Wildman–Crippen LogP) is 2.08. The third kappa shape index (κ3) is 7.62. The molecule has 2 aromatic carbocycles. The number of rotatable bonds is 10. The van der Waals surface area contributed by atoms with Gasteiger partial charge >= 0.3 is 11.9 Å². The lowest BCUT2D eigenvalue weighted by Gasteiger charge is -2.19. The first-order valence-corrected chi connectivity index (χ1v) is 9.70. The topological polar surface area (TPSA) is 138 Å². The van der Waals surface area contributed by atoms with Gasteiger partial charge < -0.3 is 29.2 Å². The molecule has 1 N–H and O–H groups in total. The molecule has 0 saturated carbocycles. The van der Waals surface area contributed by atoms with Gasteiger partial charge in [0.05, 0.1) is 57.5 Å². The summed E-state index contributed by atoms with van der Waals surface area (Å²) in [5, 5.41) is 2.45. The van der Waals surface area contributed by atoms with E-state index in [0.29, 0.717) is 46.8 Å². The van der Waals surface area contributed by atoms with Crippen molar-refractivity contribution in [2.24, 2.45) is 0 Å². The Balaban J connectivity index is 0.000000350. The molecule has 0 aliphatic heterocycles. The number of nitrogens with zero attached hydrogens (tertiary/aromatic N) is 1. The van der Waals surface area contributed by atoms with Crippen LogP contribution in [0.3, 0.4) is 0 Å². The van der Waals surface area contributed by atoms with Crippen molar-refractivity contribution >= 4 is 41.9 Å². The summed E-state index contributed by atoms with van der Waals surface area (Å²) in [5.41, 5.74) is 1.59. The summed E-state index contributed by atoms with van der Waals surface area (Å²) in [6.45, 7) is 1.32. The van der Waals surface area contributed by atoms with Gasteiger partial charge in [0.1, 0.15) is 17.3 Å². The molecule has 0 saturated heterocycles. The number of amides is 2. The number of ether oxygens (including phenoxy) is 4. The fraction of sp³-hybridized carbons (Fsp3) is 0.261. The molecule has 0 aliphatic carbocycles. The summed E-state index contributed by atoms with van der Waals surface area (Å²) in [6.07, 6.45) is 1.08. The molecule has 0 unspecified atom stereocenters. The van der Waals surface area contributed by atoms with Crippen molar-refractivity contribution < 1.29 is 42.9 Å². The third-order valence-electron chi connectivity index (χ3n) is 4.27. The minimum absolute atomic E-state index is 0.0581. The zero-order valence-corrected chi connectivity index (χ0v) is 19.4. The van der Waals surface area contributed by atoms with E-state index in [9.17, 15) is 24.0 Å². The van der Waals surface area contributed by atoms with Crippen LogP contribution in [-0.4, -0.2) is 65.5 Å². The van der Waals surface area contributed by atoms with Crippen molar-refractivity contribution in [3.63, 3.8) is 0 Å². The zero-order valence-electron chi connectivity index (χ0n) is 19.4. The van der Waals surface area contributed by atoms with E-state index in [-0.39, 0.29) is 12.3 Å². The van der Waals surface area contributed by atoms with E-state index in [1.54, 1.807) is 12.1 Å². The summed E-state index contributed by atoms with van der Waals surface area (Å²) in [5.74, 6) is -0.396. The van der Waals surface area contributed by atoms with E-state index in [2.05, 4.69) is 14.8 Å². The van der Waals surface area contributed by atoms with Crippen molar-refractivity contribution in [3.05, 3.63) is 47.5 Å². The lowest BCUT2D eigenvalue weighted by molar-refractivity contribution is -0.117. The second-order valence-electron chi connectivity index (χ2n) is 6.48. The Morgan fingerprint density at radius 1 is 0.853 bits per heavy atom. The highest BCUT2D eigenvalue weighted by Crippen LogP contribution is 2.29. The molecule has 0 radical (unpaired) electrons. The lowest BCUT2D eigenvalue weighted by atomic mass is 10.1. The maximum Gasteiger partial charge on any atom is 0.337 e. The van der Waals surface area contributed by atoms with Crippen LogP contribution in [0.2, 0.25) is 0 Å². The summed E-state index contributed by atoms with van der Waals surface area (Å²) < 4.78 is 19.3. The normalized spacial score (nSPS) is 9.44. The number of benzene rings is 2. The first-order chi connectivity index (χ1) is 16.3. The van der Waals surface area contributed by atoms with E-state index in [4.69, 9.17) is 9.47 Å². The van der Waals surface area contributed by atoms with Crippen LogP contribution in [0.25, 0.3) is 0 Å². The van der Waals surface area contributed by atoms with E-state index in [1.165, 1.54) is 64.5 Å². The second kappa shape index (κ2) is 13.9. The molecule has 2 amide bonds. The van der Waals surface area contributed by atoms with Crippen molar-refractivity contribution in [2.75, 3.05) is 45.2 Å². The van der Waals surface area contributed by atoms with Crippen molar-refractivity contribution in [2.45, 2.75) is 6.92 Å². The van der Waals surface area contributed by atoms with Crippen LogP contribution < -0.4 is 19.7 Å². The first-order valence-electron chi connectivity index (χ1n) is 9.70. The fourth-order valence-electron chi connectivity index (χ4n) is 2.70. The van der Waals surface area contributed by atoms with Crippen LogP contribution in [0, 0.1) is 0 Å². The highest BCUT2D eigenvalue weighted by atomic mass is 16.5. The van der Waals surface area contributed by atoms with Gasteiger partial charge in [0.2, 0.25) is 12.8 Å². The molecule has 2 aromatic rings. The largest absolute Gasteiger partial charge is 0.495 e. The van der Waals surface area contributed by atoms with Gasteiger partial charge in [0.15, 0.2) is 0 Å². The van der Waals surface area contributed by atoms with Crippen LogP contribution in [0.1, 0.15) is 27.6 Å². The molecule has 0 aromatic heterocycles. The van der Waals surface area contributed by atoms with Gasteiger partial charge in [0.25, 0.3) is 0 Å². The number of esters is 2. The number of ketones is 1. The van der Waals surface area contributed by atoms with Crippen LogP contribution in [0.5, 0.6) is 11.5 Å².